The van der Waals surface area contributed by atoms with Crippen LogP contribution in [0.2, 0.25) is 0 Å². The van der Waals surface area contributed by atoms with Gasteiger partial charge in [0.2, 0.25) is 0 Å². The first kappa shape index (κ1) is 10.2. The SMILES string of the molecule is FC(F)(F)c1cc(Br)nc(I)c1. The van der Waals surface area contributed by atoms with E-state index in [9.17, 15) is 13.2 Å². The Hall–Kier alpha value is 0.150. The zero-order chi connectivity index (χ0) is 9.35. The zero-order valence-electron chi connectivity index (χ0n) is 5.49. The molecule has 0 amide bonds. The van der Waals surface area contributed by atoms with Crippen molar-refractivity contribution in [1.82, 2.24) is 4.98 Å². The summed E-state index contributed by atoms with van der Waals surface area (Å²) in [7, 11) is 0. The lowest BCUT2D eigenvalue weighted by Gasteiger charge is -2.06. The van der Waals surface area contributed by atoms with Crippen LogP contribution >= 0.6 is 38.5 Å². The number of hydrogen-bond acceptors (Lipinski definition) is 1. The first-order valence-corrected chi connectivity index (χ1v) is 4.67. The van der Waals surface area contributed by atoms with Crippen molar-refractivity contribution in [2.75, 3.05) is 0 Å². The van der Waals surface area contributed by atoms with Crippen molar-refractivity contribution in [3.05, 3.63) is 26.0 Å². The average Bonchev–Trinajstić information content (AvgIpc) is 1.82. The van der Waals surface area contributed by atoms with Gasteiger partial charge in [0.15, 0.2) is 0 Å². The van der Waals surface area contributed by atoms with E-state index in [0.29, 0.717) is 3.70 Å². The number of alkyl halides is 3. The standard InChI is InChI=1S/C6H2BrF3IN/c7-4-1-3(6(8,9)10)2-5(11)12-4/h1-2H. The summed E-state index contributed by atoms with van der Waals surface area (Å²) in [6, 6.07) is 1.94. The van der Waals surface area contributed by atoms with E-state index < -0.39 is 11.7 Å². The minimum absolute atomic E-state index is 0.196. The molecule has 12 heavy (non-hydrogen) atoms. The van der Waals surface area contributed by atoms with Gasteiger partial charge >= 0.3 is 6.18 Å². The third kappa shape index (κ3) is 2.58. The van der Waals surface area contributed by atoms with Gasteiger partial charge < -0.3 is 0 Å². The highest BCUT2D eigenvalue weighted by atomic mass is 127. The Balaban J connectivity index is 3.18. The van der Waals surface area contributed by atoms with Crippen LogP contribution in [0.5, 0.6) is 0 Å². The molecule has 1 nitrogen and oxygen atoms in total. The van der Waals surface area contributed by atoms with Crippen molar-refractivity contribution in [1.29, 1.82) is 0 Å². The number of pyridine rings is 1. The summed E-state index contributed by atoms with van der Waals surface area (Å²) in [5, 5.41) is 0. The molecule has 0 aliphatic heterocycles. The van der Waals surface area contributed by atoms with Crippen molar-refractivity contribution in [3.8, 4) is 0 Å². The number of aromatic nitrogens is 1. The molecule has 0 fully saturated rings. The van der Waals surface area contributed by atoms with E-state index in [-0.39, 0.29) is 4.60 Å². The molecule has 0 aliphatic rings. The number of halogens is 5. The highest BCUT2D eigenvalue weighted by Crippen LogP contribution is 2.31. The van der Waals surface area contributed by atoms with Crippen LogP contribution in [0.1, 0.15) is 5.56 Å². The topological polar surface area (TPSA) is 12.9 Å². The van der Waals surface area contributed by atoms with E-state index in [0.717, 1.165) is 12.1 Å². The number of hydrogen-bond donors (Lipinski definition) is 0. The Morgan fingerprint density at radius 1 is 1.33 bits per heavy atom. The van der Waals surface area contributed by atoms with E-state index in [2.05, 4.69) is 20.9 Å². The van der Waals surface area contributed by atoms with Gasteiger partial charge in [-0.2, -0.15) is 13.2 Å². The summed E-state index contributed by atoms with van der Waals surface area (Å²) in [4.78, 5) is 3.75. The van der Waals surface area contributed by atoms with E-state index in [4.69, 9.17) is 0 Å². The van der Waals surface area contributed by atoms with Gasteiger partial charge in [0.05, 0.1) is 5.56 Å². The van der Waals surface area contributed by atoms with Gasteiger partial charge in [-0.3, -0.25) is 0 Å². The van der Waals surface area contributed by atoms with E-state index in [1.165, 1.54) is 0 Å². The second-order valence-electron chi connectivity index (χ2n) is 2.00. The molecule has 0 saturated heterocycles. The minimum atomic E-state index is -4.30. The molecule has 0 atom stereocenters. The normalized spacial score (nSPS) is 11.8. The molecule has 1 rings (SSSR count). The minimum Gasteiger partial charge on any atom is -0.235 e. The van der Waals surface area contributed by atoms with Crippen LogP contribution in [-0.4, -0.2) is 4.98 Å². The molecule has 66 valence electrons. The third-order valence-electron chi connectivity index (χ3n) is 1.09. The zero-order valence-corrected chi connectivity index (χ0v) is 9.24. The smallest absolute Gasteiger partial charge is 0.235 e. The van der Waals surface area contributed by atoms with Crippen LogP contribution in [0.25, 0.3) is 0 Å². The fraction of sp³-hybridized carbons (Fsp3) is 0.167. The van der Waals surface area contributed by atoms with Crippen molar-refractivity contribution in [2.24, 2.45) is 0 Å². The molecule has 0 bridgehead atoms. The summed E-state index contributed by atoms with van der Waals surface area (Å²) in [6.45, 7) is 0. The molecule has 1 aromatic heterocycles. The average molecular weight is 352 g/mol. The lowest BCUT2D eigenvalue weighted by molar-refractivity contribution is -0.137. The van der Waals surface area contributed by atoms with Crippen LogP contribution in [-0.2, 0) is 6.18 Å². The van der Waals surface area contributed by atoms with Gasteiger partial charge in [0.1, 0.15) is 8.30 Å². The van der Waals surface area contributed by atoms with E-state index in [1.807, 2.05) is 0 Å². The van der Waals surface area contributed by atoms with E-state index in [1.54, 1.807) is 22.6 Å². The van der Waals surface area contributed by atoms with Crippen LogP contribution in [0.4, 0.5) is 13.2 Å². The molecule has 1 aromatic rings. The molecule has 1 heterocycles. The Labute approximate surface area is 88.6 Å². The fourth-order valence-electron chi connectivity index (χ4n) is 0.629. The second-order valence-corrected chi connectivity index (χ2v) is 3.92. The molecule has 0 spiro atoms. The van der Waals surface area contributed by atoms with Crippen molar-refractivity contribution in [3.63, 3.8) is 0 Å². The first-order valence-electron chi connectivity index (χ1n) is 2.80. The van der Waals surface area contributed by atoms with Crippen LogP contribution in [0.15, 0.2) is 16.7 Å². The van der Waals surface area contributed by atoms with Crippen LogP contribution in [0, 0.1) is 3.70 Å². The van der Waals surface area contributed by atoms with Crippen molar-refractivity contribution in [2.45, 2.75) is 6.18 Å². The second kappa shape index (κ2) is 3.49. The molecule has 0 unspecified atom stereocenters. The predicted molar refractivity (Wildman–Crippen MR) is 49.7 cm³/mol. The molecule has 0 aromatic carbocycles. The number of rotatable bonds is 0. The van der Waals surface area contributed by atoms with Crippen LogP contribution < -0.4 is 0 Å². The molecule has 0 saturated carbocycles. The maximum atomic E-state index is 12.1. The van der Waals surface area contributed by atoms with Crippen LogP contribution in [0.3, 0.4) is 0 Å². The fourth-order valence-corrected chi connectivity index (χ4v) is 1.99. The van der Waals surface area contributed by atoms with Gasteiger partial charge in [-0.25, -0.2) is 4.98 Å². The molecule has 0 radical (unpaired) electrons. The van der Waals surface area contributed by atoms with Gasteiger partial charge in [-0.15, -0.1) is 0 Å². The van der Waals surface area contributed by atoms with Gasteiger partial charge in [0, 0.05) is 0 Å². The Morgan fingerprint density at radius 3 is 2.33 bits per heavy atom. The van der Waals surface area contributed by atoms with Gasteiger partial charge in [-0.05, 0) is 50.7 Å². The lowest BCUT2D eigenvalue weighted by atomic mass is 10.3. The lowest BCUT2D eigenvalue weighted by Crippen LogP contribution is -2.05. The van der Waals surface area contributed by atoms with Gasteiger partial charge in [-0.1, -0.05) is 0 Å². The molecule has 6 heteroatoms. The summed E-state index contributed by atoms with van der Waals surface area (Å²) in [5.41, 5.74) is -0.686. The number of nitrogens with zero attached hydrogens (tertiary/aromatic N) is 1. The maximum Gasteiger partial charge on any atom is 0.416 e. The third-order valence-corrected chi connectivity index (χ3v) is 2.05. The highest BCUT2D eigenvalue weighted by Gasteiger charge is 2.31. The summed E-state index contributed by atoms with van der Waals surface area (Å²) in [6.07, 6.45) is -4.30. The molecule has 0 N–H and O–H groups in total. The monoisotopic (exact) mass is 351 g/mol. The Morgan fingerprint density at radius 2 is 1.92 bits per heavy atom. The molecular weight excluding hydrogens is 350 g/mol. The first-order chi connectivity index (χ1) is 5.39. The highest BCUT2D eigenvalue weighted by molar-refractivity contribution is 14.1. The quantitative estimate of drug-likeness (QED) is 0.515. The summed E-state index contributed by atoms with van der Waals surface area (Å²) in [5.74, 6) is 0. The Kier molecular flexibility index (Phi) is 2.97. The maximum absolute atomic E-state index is 12.1. The Bertz CT molecular complexity index is 279. The largest absolute Gasteiger partial charge is 0.416 e. The van der Waals surface area contributed by atoms with E-state index >= 15 is 0 Å². The van der Waals surface area contributed by atoms with Crippen molar-refractivity contribution >= 4 is 38.5 Å². The van der Waals surface area contributed by atoms with Gasteiger partial charge in [0.25, 0.3) is 0 Å². The summed E-state index contributed by atoms with van der Waals surface area (Å²) < 4.78 is 36.8. The van der Waals surface area contributed by atoms with Crippen molar-refractivity contribution < 1.29 is 13.2 Å². The molecule has 0 aliphatic carbocycles. The summed E-state index contributed by atoms with van der Waals surface area (Å²) >= 11 is 4.62. The molecular formula is C6H2BrF3IN. The predicted octanol–water partition coefficient (Wildman–Crippen LogP) is 3.47.